The summed E-state index contributed by atoms with van der Waals surface area (Å²) in [5.41, 5.74) is 2.11. The average molecular weight is 399 g/mol. The molecular weight excluding hydrogens is 364 g/mol. The van der Waals surface area contributed by atoms with Crippen LogP contribution in [-0.4, -0.2) is 34.5 Å². The number of phenols is 1. The lowest BCUT2D eigenvalue weighted by atomic mass is 9.94. The first kappa shape index (κ1) is 20.3. The number of amides is 1. The molecule has 4 rings (SSSR count). The molecule has 1 unspecified atom stereocenters. The van der Waals surface area contributed by atoms with Gasteiger partial charge in [0.25, 0.3) is 5.91 Å². The highest BCUT2D eigenvalue weighted by Crippen LogP contribution is 2.36. The number of carbonyl (C=O) groups excluding carboxylic acids is 1. The summed E-state index contributed by atoms with van der Waals surface area (Å²) in [4.78, 5) is 15.7. The highest BCUT2D eigenvalue weighted by atomic mass is 16.3. The van der Waals surface area contributed by atoms with Gasteiger partial charge in [-0.1, -0.05) is 32.6 Å². The van der Waals surface area contributed by atoms with Crippen LogP contribution in [0.4, 0.5) is 0 Å². The topological polar surface area (TPSA) is 65.7 Å². The SMILES string of the molecule is CCC1CCCCN1Cc1c(O)ccc2oc(C)c(C(=O)NC3CCCCC3)c12. The van der Waals surface area contributed by atoms with E-state index in [0.717, 1.165) is 36.8 Å². The molecule has 1 aliphatic heterocycles. The quantitative estimate of drug-likeness (QED) is 0.720. The van der Waals surface area contributed by atoms with Crippen molar-refractivity contribution in [2.45, 2.75) is 90.3 Å². The van der Waals surface area contributed by atoms with Crippen LogP contribution in [0.5, 0.6) is 5.75 Å². The molecule has 1 aliphatic carbocycles. The maximum atomic E-state index is 13.2. The highest BCUT2D eigenvalue weighted by molar-refractivity contribution is 6.09. The molecular formula is C24H34N2O3. The number of rotatable bonds is 5. The van der Waals surface area contributed by atoms with Crippen LogP contribution >= 0.6 is 0 Å². The van der Waals surface area contributed by atoms with Crippen LogP contribution in [0.25, 0.3) is 11.0 Å². The molecule has 2 heterocycles. The van der Waals surface area contributed by atoms with Crippen LogP contribution in [0.2, 0.25) is 0 Å². The number of hydrogen-bond acceptors (Lipinski definition) is 4. The van der Waals surface area contributed by atoms with Gasteiger partial charge in [0.15, 0.2) is 0 Å². The first-order valence-electron chi connectivity index (χ1n) is 11.4. The number of aryl methyl sites for hydroxylation is 1. The van der Waals surface area contributed by atoms with Gasteiger partial charge in [0.1, 0.15) is 17.1 Å². The van der Waals surface area contributed by atoms with Gasteiger partial charge in [-0.2, -0.15) is 0 Å². The Labute approximate surface area is 173 Å². The standard InChI is InChI=1S/C24H34N2O3/c1-3-18-11-7-8-14-26(18)15-19-20(27)12-13-21-23(19)22(16(2)29-21)24(28)25-17-9-5-4-6-10-17/h12-13,17-18,27H,3-11,14-15H2,1-2H3,(H,25,28). The molecule has 1 saturated heterocycles. The number of aromatic hydroxyl groups is 1. The van der Waals surface area contributed by atoms with Crippen molar-refractivity contribution >= 4 is 16.9 Å². The number of nitrogens with one attached hydrogen (secondary N) is 1. The van der Waals surface area contributed by atoms with Gasteiger partial charge < -0.3 is 14.8 Å². The van der Waals surface area contributed by atoms with Crippen LogP contribution in [0.15, 0.2) is 16.5 Å². The Morgan fingerprint density at radius 1 is 1.17 bits per heavy atom. The summed E-state index contributed by atoms with van der Waals surface area (Å²) in [7, 11) is 0. The number of fused-ring (bicyclic) bond motifs is 1. The van der Waals surface area contributed by atoms with Gasteiger partial charge in [-0.3, -0.25) is 9.69 Å². The first-order chi connectivity index (χ1) is 14.1. The fraction of sp³-hybridized carbons (Fsp3) is 0.625. The van der Waals surface area contributed by atoms with E-state index in [2.05, 4.69) is 17.1 Å². The van der Waals surface area contributed by atoms with E-state index >= 15 is 0 Å². The minimum Gasteiger partial charge on any atom is -0.508 e. The lowest BCUT2D eigenvalue weighted by Gasteiger charge is -2.35. The summed E-state index contributed by atoms with van der Waals surface area (Å²) >= 11 is 0. The van der Waals surface area contributed by atoms with Crippen LogP contribution in [0, 0.1) is 6.92 Å². The Hall–Kier alpha value is -2.01. The smallest absolute Gasteiger partial charge is 0.255 e. The second-order valence-corrected chi connectivity index (χ2v) is 8.81. The summed E-state index contributed by atoms with van der Waals surface area (Å²) in [6, 6.07) is 4.26. The van der Waals surface area contributed by atoms with Gasteiger partial charge in [0.2, 0.25) is 0 Å². The number of benzene rings is 1. The summed E-state index contributed by atoms with van der Waals surface area (Å²) in [5, 5.41) is 14.8. The molecule has 2 aromatic rings. The second-order valence-electron chi connectivity index (χ2n) is 8.81. The normalized spacial score (nSPS) is 21.5. The third kappa shape index (κ3) is 4.16. The van der Waals surface area contributed by atoms with Crippen molar-refractivity contribution < 1.29 is 14.3 Å². The molecule has 5 nitrogen and oxygen atoms in total. The van der Waals surface area contributed by atoms with Gasteiger partial charge in [-0.05, 0) is 57.7 Å². The number of hydrogen-bond donors (Lipinski definition) is 2. The largest absolute Gasteiger partial charge is 0.508 e. The van der Waals surface area contributed by atoms with E-state index in [9.17, 15) is 9.90 Å². The molecule has 29 heavy (non-hydrogen) atoms. The van der Waals surface area contributed by atoms with Crippen LogP contribution in [0.3, 0.4) is 0 Å². The molecule has 1 atom stereocenters. The lowest BCUT2D eigenvalue weighted by Crippen LogP contribution is -2.38. The van der Waals surface area contributed by atoms with E-state index in [4.69, 9.17) is 4.42 Å². The fourth-order valence-corrected chi connectivity index (χ4v) is 5.24. The van der Waals surface area contributed by atoms with Crippen molar-refractivity contribution in [3.63, 3.8) is 0 Å². The van der Waals surface area contributed by atoms with E-state index < -0.39 is 0 Å². The second kappa shape index (κ2) is 8.78. The van der Waals surface area contributed by atoms with Crippen molar-refractivity contribution in [1.82, 2.24) is 10.2 Å². The molecule has 1 aromatic heterocycles. The number of phenolic OH excluding ortho intramolecular Hbond substituents is 1. The van der Waals surface area contributed by atoms with E-state index in [0.29, 0.717) is 29.5 Å². The van der Waals surface area contributed by atoms with Crippen molar-refractivity contribution in [3.05, 3.63) is 29.0 Å². The van der Waals surface area contributed by atoms with Crippen LogP contribution in [-0.2, 0) is 6.54 Å². The van der Waals surface area contributed by atoms with E-state index in [1.54, 1.807) is 12.1 Å². The minimum atomic E-state index is -0.0642. The van der Waals surface area contributed by atoms with Crippen LogP contribution in [0.1, 0.15) is 86.4 Å². The molecule has 158 valence electrons. The van der Waals surface area contributed by atoms with Crippen LogP contribution < -0.4 is 5.32 Å². The minimum absolute atomic E-state index is 0.0642. The Balaban J connectivity index is 1.68. The van der Waals surface area contributed by atoms with E-state index in [-0.39, 0.29) is 17.7 Å². The molecule has 1 aromatic carbocycles. The summed E-state index contributed by atoms with van der Waals surface area (Å²) in [6.07, 6.45) is 10.5. The molecule has 2 aliphatic rings. The molecule has 1 saturated carbocycles. The number of likely N-dealkylation sites (tertiary alicyclic amines) is 1. The third-order valence-electron chi connectivity index (χ3n) is 6.86. The van der Waals surface area contributed by atoms with Gasteiger partial charge >= 0.3 is 0 Å². The predicted octanol–water partition coefficient (Wildman–Crippen LogP) is 5.27. The van der Waals surface area contributed by atoms with Gasteiger partial charge in [0.05, 0.1) is 5.56 Å². The molecule has 0 bridgehead atoms. The van der Waals surface area contributed by atoms with Crippen molar-refractivity contribution in [2.24, 2.45) is 0 Å². The summed E-state index contributed by atoms with van der Waals surface area (Å²) in [6.45, 7) is 5.78. The predicted molar refractivity (Wildman–Crippen MR) is 115 cm³/mol. The van der Waals surface area contributed by atoms with Crippen molar-refractivity contribution in [3.8, 4) is 5.75 Å². The Bertz CT molecular complexity index is 867. The first-order valence-corrected chi connectivity index (χ1v) is 11.4. The third-order valence-corrected chi connectivity index (χ3v) is 6.86. The maximum Gasteiger partial charge on any atom is 0.255 e. The number of carbonyl (C=O) groups is 1. The van der Waals surface area contributed by atoms with Gasteiger partial charge in [0, 0.05) is 29.6 Å². The Morgan fingerprint density at radius 2 is 1.93 bits per heavy atom. The Morgan fingerprint density at radius 3 is 2.69 bits per heavy atom. The molecule has 1 amide bonds. The molecule has 0 radical (unpaired) electrons. The highest BCUT2D eigenvalue weighted by Gasteiger charge is 2.28. The van der Waals surface area contributed by atoms with E-state index in [1.165, 1.54) is 38.5 Å². The van der Waals surface area contributed by atoms with E-state index in [1.807, 2.05) is 6.92 Å². The summed E-state index contributed by atoms with van der Waals surface area (Å²) in [5.74, 6) is 0.821. The number of furan rings is 1. The molecule has 2 fully saturated rings. The van der Waals surface area contributed by atoms with Crippen molar-refractivity contribution in [1.29, 1.82) is 0 Å². The molecule has 0 spiro atoms. The number of piperidine rings is 1. The zero-order valence-corrected chi connectivity index (χ0v) is 17.8. The average Bonchev–Trinajstić information content (AvgIpc) is 3.07. The molecule has 2 N–H and O–H groups in total. The van der Waals surface area contributed by atoms with Crippen molar-refractivity contribution in [2.75, 3.05) is 6.54 Å². The zero-order chi connectivity index (χ0) is 20.4. The number of nitrogens with zero attached hydrogens (tertiary/aromatic N) is 1. The lowest BCUT2D eigenvalue weighted by molar-refractivity contribution is 0.0927. The fourth-order valence-electron chi connectivity index (χ4n) is 5.24. The maximum absolute atomic E-state index is 13.2. The molecule has 5 heteroatoms. The Kier molecular flexibility index (Phi) is 6.14. The van der Waals surface area contributed by atoms with Gasteiger partial charge in [-0.15, -0.1) is 0 Å². The summed E-state index contributed by atoms with van der Waals surface area (Å²) < 4.78 is 5.96. The van der Waals surface area contributed by atoms with Gasteiger partial charge in [-0.25, -0.2) is 0 Å². The monoisotopic (exact) mass is 398 g/mol. The zero-order valence-electron chi connectivity index (χ0n) is 17.8.